The number of thioether (sulfide) groups is 1. The molecule has 1 atom stereocenters. The Bertz CT molecular complexity index is 1640. The summed E-state index contributed by atoms with van der Waals surface area (Å²) in [6.45, 7) is 4.22. The van der Waals surface area contributed by atoms with E-state index in [0.29, 0.717) is 44.3 Å². The van der Waals surface area contributed by atoms with Gasteiger partial charge in [0.15, 0.2) is 15.8 Å². The minimum Gasteiger partial charge on any atom is -0.507 e. The lowest BCUT2D eigenvalue weighted by Crippen LogP contribution is -2.29. The van der Waals surface area contributed by atoms with E-state index < -0.39 is 17.7 Å². The third-order valence-corrected chi connectivity index (χ3v) is 8.96. The molecule has 0 saturated carbocycles. The molecular weight excluding hydrogens is 582 g/mol. The lowest BCUT2D eigenvalue weighted by Gasteiger charge is -2.23. The summed E-state index contributed by atoms with van der Waals surface area (Å²) in [7, 11) is 1.51. The van der Waals surface area contributed by atoms with Crippen LogP contribution in [-0.2, 0) is 15.3 Å². The van der Waals surface area contributed by atoms with Crippen LogP contribution in [0.25, 0.3) is 5.76 Å². The number of methoxy groups -OCH3 is 1. The molecule has 1 aliphatic rings. The van der Waals surface area contributed by atoms with Gasteiger partial charge in [-0.3, -0.25) is 14.5 Å². The average Bonchev–Trinajstić information content (AvgIpc) is 3.55. The molecule has 2 heterocycles. The molecule has 0 radical (unpaired) electrons. The normalized spacial score (nSPS) is 16.3. The Kier molecular flexibility index (Phi) is 8.63. The van der Waals surface area contributed by atoms with E-state index in [9.17, 15) is 14.7 Å². The van der Waals surface area contributed by atoms with Crippen molar-refractivity contribution in [2.45, 2.75) is 30.0 Å². The van der Waals surface area contributed by atoms with Crippen molar-refractivity contribution in [2.75, 3.05) is 18.6 Å². The highest BCUT2D eigenvalue weighted by Gasteiger charge is 2.48. The van der Waals surface area contributed by atoms with Crippen LogP contribution >= 0.6 is 34.7 Å². The van der Waals surface area contributed by atoms with Crippen molar-refractivity contribution in [1.29, 1.82) is 0 Å². The second-order valence-corrected chi connectivity index (χ2v) is 11.7. The van der Waals surface area contributed by atoms with Crippen LogP contribution in [0.2, 0.25) is 5.02 Å². The molecule has 0 spiro atoms. The second kappa shape index (κ2) is 12.3. The number of rotatable bonds is 9. The van der Waals surface area contributed by atoms with Gasteiger partial charge < -0.3 is 14.6 Å². The van der Waals surface area contributed by atoms with Gasteiger partial charge in [0.2, 0.25) is 5.13 Å². The fraction of sp³-hybridized carbons (Fsp3) is 0.200. The van der Waals surface area contributed by atoms with E-state index in [1.54, 1.807) is 30.3 Å². The molecule has 0 bridgehead atoms. The number of hydrogen-bond acceptors (Lipinski definition) is 9. The zero-order chi connectivity index (χ0) is 29.1. The molecule has 3 aromatic carbocycles. The van der Waals surface area contributed by atoms with Crippen molar-refractivity contribution in [3.05, 3.63) is 99.6 Å². The van der Waals surface area contributed by atoms with Gasteiger partial charge >= 0.3 is 5.91 Å². The number of aryl methyl sites for hydroxylation is 1. The number of ketones is 1. The number of aliphatic hydroxyl groups excluding tert-OH is 1. The number of hydrogen-bond donors (Lipinski definition) is 1. The standard InChI is InChI=1S/C30H26ClN3O5S2/c1-4-39-22-14-13-19(15-23(22)38-3)25-24(26(35)18-11-9-17(2)10-12-18)27(36)28(37)34(25)29-32-33-30(41-29)40-16-20-7-5-6-8-21(20)31/h5-15,25,35H,4,16H2,1-3H3/b26-24-. The maximum atomic E-state index is 13.5. The van der Waals surface area contributed by atoms with Gasteiger partial charge in [-0.2, -0.15) is 0 Å². The molecule has 4 aromatic rings. The highest BCUT2D eigenvalue weighted by molar-refractivity contribution is 8.00. The van der Waals surface area contributed by atoms with Gasteiger partial charge in [0.1, 0.15) is 5.76 Å². The molecule has 5 rings (SSSR count). The lowest BCUT2D eigenvalue weighted by atomic mass is 9.95. The highest BCUT2D eigenvalue weighted by atomic mass is 35.5. The SMILES string of the molecule is CCOc1ccc(C2/C(=C(/O)c3ccc(C)cc3)C(=O)C(=O)N2c2nnc(SCc3ccccc3Cl)s2)cc1OC. The van der Waals surface area contributed by atoms with Crippen molar-refractivity contribution in [1.82, 2.24) is 10.2 Å². The van der Waals surface area contributed by atoms with E-state index in [-0.39, 0.29) is 16.5 Å². The van der Waals surface area contributed by atoms with Crippen LogP contribution in [0.1, 0.15) is 35.2 Å². The Labute approximate surface area is 250 Å². The number of carbonyl (C=O) groups excluding carboxylic acids is 2. The number of aliphatic hydroxyl groups is 1. The zero-order valence-corrected chi connectivity index (χ0v) is 24.8. The maximum Gasteiger partial charge on any atom is 0.301 e. The quantitative estimate of drug-likeness (QED) is 0.0726. The van der Waals surface area contributed by atoms with Crippen LogP contribution in [0, 0.1) is 6.92 Å². The molecule has 0 aliphatic carbocycles. The van der Waals surface area contributed by atoms with Crippen molar-refractivity contribution >= 4 is 57.3 Å². The molecule has 1 amide bonds. The number of carbonyl (C=O) groups is 2. The largest absolute Gasteiger partial charge is 0.507 e. The summed E-state index contributed by atoms with van der Waals surface area (Å²) in [5.41, 5.74) is 2.84. The summed E-state index contributed by atoms with van der Waals surface area (Å²) in [5, 5.41) is 20.8. The van der Waals surface area contributed by atoms with Crippen LogP contribution in [0.15, 0.2) is 76.6 Å². The third kappa shape index (κ3) is 5.81. The first kappa shape index (κ1) is 28.7. The molecule has 1 aliphatic heterocycles. The minimum atomic E-state index is -0.977. The maximum absolute atomic E-state index is 13.5. The monoisotopic (exact) mass is 607 g/mol. The first-order chi connectivity index (χ1) is 19.8. The summed E-state index contributed by atoms with van der Waals surface area (Å²) in [6.07, 6.45) is 0. The van der Waals surface area contributed by atoms with E-state index in [0.717, 1.165) is 11.1 Å². The lowest BCUT2D eigenvalue weighted by molar-refractivity contribution is -0.132. The van der Waals surface area contributed by atoms with Crippen molar-refractivity contribution in [3.8, 4) is 11.5 Å². The molecule has 11 heteroatoms. The molecular formula is C30H26ClN3O5S2. The van der Waals surface area contributed by atoms with Crippen LogP contribution in [-0.4, -0.2) is 40.7 Å². The van der Waals surface area contributed by atoms with E-state index in [2.05, 4.69) is 10.2 Å². The highest BCUT2D eigenvalue weighted by Crippen LogP contribution is 2.45. The van der Waals surface area contributed by atoms with Gasteiger partial charge in [-0.15, -0.1) is 10.2 Å². The number of Topliss-reactive ketones (excluding diaryl/α,β-unsaturated/α-hetero) is 1. The van der Waals surface area contributed by atoms with Crippen LogP contribution in [0.4, 0.5) is 5.13 Å². The Hall–Kier alpha value is -3.86. The van der Waals surface area contributed by atoms with Crippen LogP contribution in [0.3, 0.4) is 0 Å². The number of aromatic nitrogens is 2. The summed E-state index contributed by atoms with van der Waals surface area (Å²) in [4.78, 5) is 28.3. The topological polar surface area (TPSA) is 102 Å². The first-order valence-electron chi connectivity index (χ1n) is 12.7. The van der Waals surface area contributed by atoms with Gasteiger partial charge in [-0.05, 0) is 43.2 Å². The van der Waals surface area contributed by atoms with Gasteiger partial charge in [-0.1, -0.05) is 88.8 Å². The number of halogens is 1. The van der Waals surface area contributed by atoms with Gasteiger partial charge in [0.25, 0.3) is 5.78 Å². The number of amides is 1. The molecule has 210 valence electrons. The Morgan fingerprint density at radius 2 is 1.83 bits per heavy atom. The molecule has 41 heavy (non-hydrogen) atoms. The summed E-state index contributed by atoms with van der Waals surface area (Å²) in [5.74, 6) is -0.403. The predicted octanol–water partition coefficient (Wildman–Crippen LogP) is 6.83. The number of benzene rings is 3. The van der Waals surface area contributed by atoms with Crippen LogP contribution < -0.4 is 14.4 Å². The molecule has 8 nitrogen and oxygen atoms in total. The van der Waals surface area contributed by atoms with E-state index in [4.69, 9.17) is 21.1 Å². The average molecular weight is 608 g/mol. The Morgan fingerprint density at radius 1 is 1.07 bits per heavy atom. The second-order valence-electron chi connectivity index (χ2n) is 9.11. The predicted molar refractivity (Wildman–Crippen MR) is 161 cm³/mol. The first-order valence-corrected chi connectivity index (χ1v) is 14.9. The molecule has 1 N–H and O–H groups in total. The molecule has 1 fully saturated rings. The summed E-state index contributed by atoms with van der Waals surface area (Å²) in [6, 6.07) is 18.8. The van der Waals surface area contributed by atoms with E-state index >= 15 is 0 Å². The minimum absolute atomic E-state index is 0.0504. The third-order valence-electron chi connectivity index (χ3n) is 6.48. The number of anilines is 1. The Morgan fingerprint density at radius 3 is 2.54 bits per heavy atom. The number of nitrogens with zero attached hydrogens (tertiary/aromatic N) is 3. The summed E-state index contributed by atoms with van der Waals surface area (Å²) >= 11 is 8.90. The fourth-order valence-corrected chi connectivity index (χ4v) is 6.61. The molecule has 1 saturated heterocycles. The van der Waals surface area contributed by atoms with Crippen molar-refractivity contribution < 1.29 is 24.2 Å². The molecule has 1 aromatic heterocycles. The Balaban J connectivity index is 1.58. The van der Waals surface area contributed by atoms with Crippen molar-refractivity contribution in [2.24, 2.45) is 0 Å². The van der Waals surface area contributed by atoms with Gasteiger partial charge in [-0.25, -0.2) is 0 Å². The number of ether oxygens (including phenoxy) is 2. The zero-order valence-electron chi connectivity index (χ0n) is 22.5. The van der Waals surface area contributed by atoms with Gasteiger partial charge in [0.05, 0.1) is 25.3 Å². The summed E-state index contributed by atoms with van der Waals surface area (Å²) < 4.78 is 11.8. The van der Waals surface area contributed by atoms with Crippen LogP contribution in [0.5, 0.6) is 11.5 Å². The van der Waals surface area contributed by atoms with E-state index in [1.807, 2.05) is 50.2 Å². The van der Waals surface area contributed by atoms with Gasteiger partial charge in [0, 0.05) is 16.3 Å². The molecule has 1 unspecified atom stereocenters. The van der Waals surface area contributed by atoms with Crippen molar-refractivity contribution in [3.63, 3.8) is 0 Å². The fourth-order valence-electron chi connectivity index (χ4n) is 4.45. The van der Waals surface area contributed by atoms with E-state index in [1.165, 1.54) is 35.1 Å². The smallest absolute Gasteiger partial charge is 0.301 e.